The van der Waals surface area contributed by atoms with E-state index in [2.05, 4.69) is 5.10 Å². The SMILES string of the molecule is Cn1nc(-c2ccc(O)cc2)c2c(C(F)(F)F)cccc21. The highest BCUT2D eigenvalue weighted by molar-refractivity contribution is 5.96. The van der Waals surface area contributed by atoms with Crippen LogP contribution in [0.25, 0.3) is 22.2 Å². The molecule has 0 amide bonds. The molecule has 3 nitrogen and oxygen atoms in total. The topological polar surface area (TPSA) is 38.0 Å². The van der Waals surface area contributed by atoms with Crippen LogP contribution >= 0.6 is 0 Å². The molecule has 0 bridgehead atoms. The van der Waals surface area contributed by atoms with Gasteiger partial charge in [0.15, 0.2) is 0 Å². The molecule has 0 spiro atoms. The summed E-state index contributed by atoms with van der Waals surface area (Å²) in [6.07, 6.45) is -4.45. The van der Waals surface area contributed by atoms with E-state index in [1.165, 1.54) is 22.9 Å². The van der Waals surface area contributed by atoms with E-state index in [9.17, 15) is 18.3 Å². The molecule has 0 radical (unpaired) electrons. The molecule has 3 rings (SSSR count). The number of hydrogen-bond acceptors (Lipinski definition) is 2. The third-order valence-corrected chi connectivity index (χ3v) is 3.32. The van der Waals surface area contributed by atoms with Gasteiger partial charge in [0.1, 0.15) is 11.4 Å². The fourth-order valence-corrected chi connectivity index (χ4v) is 2.37. The van der Waals surface area contributed by atoms with Gasteiger partial charge in [0.25, 0.3) is 0 Å². The molecule has 0 aliphatic carbocycles. The molecule has 21 heavy (non-hydrogen) atoms. The van der Waals surface area contributed by atoms with Gasteiger partial charge in [-0.1, -0.05) is 6.07 Å². The number of aromatic nitrogens is 2. The summed E-state index contributed by atoms with van der Waals surface area (Å²) in [6, 6.07) is 9.95. The van der Waals surface area contributed by atoms with Gasteiger partial charge < -0.3 is 5.11 Å². The molecular formula is C15H11F3N2O. The minimum Gasteiger partial charge on any atom is -0.508 e. The van der Waals surface area contributed by atoms with Crippen molar-refractivity contribution in [1.82, 2.24) is 9.78 Å². The van der Waals surface area contributed by atoms with Crippen molar-refractivity contribution in [2.24, 2.45) is 7.05 Å². The largest absolute Gasteiger partial charge is 0.508 e. The first-order valence-electron chi connectivity index (χ1n) is 6.20. The first-order valence-corrected chi connectivity index (χ1v) is 6.20. The predicted molar refractivity (Wildman–Crippen MR) is 72.8 cm³/mol. The molecule has 0 saturated carbocycles. The third kappa shape index (κ3) is 2.22. The second kappa shape index (κ2) is 4.51. The van der Waals surface area contributed by atoms with Crippen LogP contribution in [0.1, 0.15) is 5.56 Å². The lowest BCUT2D eigenvalue weighted by Gasteiger charge is -2.09. The van der Waals surface area contributed by atoms with Crippen molar-refractivity contribution >= 4 is 10.9 Å². The van der Waals surface area contributed by atoms with Gasteiger partial charge in [0.2, 0.25) is 0 Å². The third-order valence-electron chi connectivity index (χ3n) is 3.32. The summed E-state index contributed by atoms with van der Waals surface area (Å²) in [5.74, 6) is 0.0510. The summed E-state index contributed by atoms with van der Waals surface area (Å²) < 4.78 is 41.1. The molecule has 1 heterocycles. The molecule has 0 fully saturated rings. The Labute approximate surface area is 118 Å². The Morgan fingerprint density at radius 1 is 1.05 bits per heavy atom. The second-order valence-electron chi connectivity index (χ2n) is 4.72. The number of phenolic OH excluding ortho intramolecular Hbond substituents is 1. The van der Waals surface area contributed by atoms with E-state index < -0.39 is 11.7 Å². The Morgan fingerprint density at radius 2 is 1.71 bits per heavy atom. The molecular weight excluding hydrogens is 281 g/mol. The van der Waals surface area contributed by atoms with E-state index in [0.717, 1.165) is 6.07 Å². The number of fused-ring (bicyclic) bond motifs is 1. The second-order valence-corrected chi connectivity index (χ2v) is 4.72. The van der Waals surface area contributed by atoms with Gasteiger partial charge in [-0.2, -0.15) is 18.3 Å². The number of benzene rings is 2. The van der Waals surface area contributed by atoms with Crippen molar-refractivity contribution < 1.29 is 18.3 Å². The predicted octanol–water partition coefficient (Wildman–Crippen LogP) is 3.96. The minimum absolute atomic E-state index is 0.0510. The number of phenols is 1. The zero-order chi connectivity index (χ0) is 15.2. The molecule has 1 N–H and O–H groups in total. The van der Waals surface area contributed by atoms with Crippen molar-refractivity contribution in [3.8, 4) is 17.0 Å². The standard InChI is InChI=1S/C15H11F3N2O/c1-20-12-4-2-3-11(15(16,17)18)13(12)14(19-20)9-5-7-10(21)8-6-9/h2-8,21H,1H3. The molecule has 3 aromatic rings. The molecule has 0 unspecified atom stereocenters. The lowest BCUT2D eigenvalue weighted by atomic mass is 10.0. The number of aryl methyl sites for hydroxylation is 1. The Kier molecular flexibility index (Phi) is 2.90. The van der Waals surface area contributed by atoms with Crippen LogP contribution in [0, 0.1) is 0 Å². The Morgan fingerprint density at radius 3 is 2.33 bits per heavy atom. The first-order chi connectivity index (χ1) is 9.88. The highest BCUT2D eigenvalue weighted by Gasteiger charge is 2.34. The normalized spacial score (nSPS) is 12.0. The van der Waals surface area contributed by atoms with Crippen LogP contribution in [0.4, 0.5) is 13.2 Å². The van der Waals surface area contributed by atoms with Gasteiger partial charge >= 0.3 is 6.18 Å². The number of hydrogen-bond donors (Lipinski definition) is 1. The highest BCUT2D eigenvalue weighted by atomic mass is 19.4. The fraction of sp³-hybridized carbons (Fsp3) is 0.133. The van der Waals surface area contributed by atoms with Crippen LogP contribution in [-0.2, 0) is 13.2 Å². The number of nitrogens with zero attached hydrogens (tertiary/aromatic N) is 2. The zero-order valence-electron chi connectivity index (χ0n) is 11.0. The Bertz CT molecular complexity index is 804. The Balaban J connectivity index is 2.36. The van der Waals surface area contributed by atoms with Crippen molar-refractivity contribution in [3.63, 3.8) is 0 Å². The van der Waals surface area contributed by atoms with Crippen LogP contribution in [0.3, 0.4) is 0 Å². The average Bonchev–Trinajstić information content (AvgIpc) is 2.76. The molecule has 2 aromatic carbocycles. The molecule has 1 aromatic heterocycles. The van der Waals surface area contributed by atoms with Crippen molar-refractivity contribution in [2.45, 2.75) is 6.18 Å². The highest BCUT2D eigenvalue weighted by Crippen LogP contribution is 2.39. The van der Waals surface area contributed by atoms with Gasteiger partial charge in [-0.15, -0.1) is 0 Å². The van der Waals surface area contributed by atoms with E-state index in [1.54, 1.807) is 25.2 Å². The smallest absolute Gasteiger partial charge is 0.417 e. The van der Waals surface area contributed by atoms with Crippen molar-refractivity contribution in [3.05, 3.63) is 48.0 Å². The lowest BCUT2D eigenvalue weighted by Crippen LogP contribution is -2.05. The van der Waals surface area contributed by atoms with Crippen molar-refractivity contribution in [1.29, 1.82) is 0 Å². The maximum Gasteiger partial charge on any atom is 0.417 e. The van der Waals surface area contributed by atoms with E-state index in [4.69, 9.17) is 0 Å². The van der Waals surface area contributed by atoms with E-state index >= 15 is 0 Å². The number of halogens is 3. The quantitative estimate of drug-likeness (QED) is 0.737. The summed E-state index contributed by atoms with van der Waals surface area (Å²) in [5, 5.41) is 13.6. The van der Waals surface area contributed by atoms with E-state index in [-0.39, 0.29) is 16.8 Å². The molecule has 0 aliphatic heterocycles. The summed E-state index contributed by atoms with van der Waals surface area (Å²) in [7, 11) is 1.60. The number of aromatic hydroxyl groups is 1. The maximum atomic E-state index is 13.2. The number of alkyl halides is 3. The minimum atomic E-state index is -4.45. The van der Waals surface area contributed by atoms with Gasteiger partial charge in [-0.25, -0.2) is 0 Å². The van der Waals surface area contributed by atoms with Crippen LogP contribution in [0.15, 0.2) is 42.5 Å². The van der Waals surface area contributed by atoms with Gasteiger partial charge in [0.05, 0.1) is 11.1 Å². The molecule has 0 saturated heterocycles. The zero-order valence-corrected chi connectivity index (χ0v) is 11.0. The lowest BCUT2D eigenvalue weighted by molar-refractivity contribution is -0.136. The molecule has 0 aliphatic rings. The van der Waals surface area contributed by atoms with Crippen LogP contribution in [0.2, 0.25) is 0 Å². The molecule has 6 heteroatoms. The molecule has 0 atom stereocenters. The fourth-order valence-electron chi connectivity index (χ4n) is 2.37. The summed E-state index contributed by atoms with van der Waals surface area (Å²) in [5.41, 5.74) is 0.472. The van der Waals surface area contributed by atoms with Crippen LogP contribution in [0.5, 0.6) is 5.75 Å². The monoisotopic (exact) mass is 292 g/mol. The van der Waals surface area contributed by atoms with E-state index in [0.29, 0.717) is 11.1 Å². The van der Waals surface area contributed by atoms with Crippen LogP contribution in [-0.4, -0.2) is 14.9 Å². The van der Waals surface area contributed by atoms with Crippen LogP contribution < -0.4 is 0 Å². The first kappa shape index (κ1) is 13.5. The Hall–Kier alpha value is -2.50. The van der Waals surface area contributed by atoms with E-state index in [1.807, 2.05) is 0 Å². The summed E-state index contributed by atoms with van der Waals surface area (Å²) in [4.78, 5) is 0. The summed E-state index contributed by atoms with van der Waals surface area (Å²) in [6.45, 7) is 0. The van der Waals surface area contributed by atoms with Gasteiger partial charge in [0, 0.05) is 18.0 Å². The van der Waals surface area contributed by atoms with Gasteiger partial charge in [-0.05, 0) is 36.4 Å². The van der Waals surface area contributed by atoms with Crippen molar-refractivity contribution in [2.75, 3.05) is 0 Å². The number of rotatable bonds is 1. The summed E-state index contributed by atoms with van der Waals surface area (Å²) >= 11 is 0. The molecule has 108 valence electrons. The van der Waals surface area contributed by atoms with Gasteiger partial charge in [-0.3, -0.25) is 4.68 Å². The average molecular weight is 292 g/mol. The maximum absolute atomic E-state index is 13.2.